The highest BCUT2D eigenvalue weighted by Crippen LogP contribution is 2.13. The summed E-state index contributed by atoms with van der Waals surface area (Å²) in [5.74, 6) is 0.926. The largest absolute Gasteiger partial charge is 0.315 e. The molecule has 1 fully saturated rings. The van der Waals surface area contributed by atoms with E-state index in [0.29, 0.717) is 0 Å². The molecule has 0 bridgehead atoms. The van der Waals surface area contributed by atoms with E-state index in [4.69, 9.17) is 0 Å². The van der Waals surface area contributed by atoms with Crippen molar-refractivity contribution in [2.45, 2.75) is 39.5 Å². The zero-order valence-corrected chi connectivity index (χ0v) is 9.89. The van der Waals surface area contributed by atoms with Crippen molar-refractivity contribution in [3.05, 3.63) is 0 Å². The van der Waals surface area contributed by atoms with Gasteiger partial charge in [-0.15, -0.1) is 0 Å². The summed E-state index contributed by atoms with van der Waals surface area (Å²) in [5.41, 5.74) is 0. The lowest BCUT2D eigenvalue weighted by molar-refractivity contribution is 0.325. The first kappa shape index (κ1) is 12.0. The van der Waals surface area contributed by atoms with Crippen LogP contribution < -0.4 is 5.32 Å². The molecule has 0 spiro atoms. The van der Waals surface area contributed by atoms with Crippen LogP contribution in [-0.4, -0.2) is 37.6 Å². The Bertz CT molecular complexity index is 136. The second-order valence-electron chi connectivity index (χ2n) is 4.65. The fraction of sp³-hybridized carbons (Fsp3) is 1.00. The number of nitrogens with zero attached hydrogens (tertiary/aromatic N) is 1. The fourth-order valence-corrected chi connectivity index (χ4v) is 2.09. The molecule has 0 amide bonds. The number of hydrogen-bond acceptors (Lipinski definition) is 2. The molecule has 1 unspecified atom stereocenters. The van der Waals surface area contributed by atoms with Gasteiger partial charge in [0.2, 0.25) is 0 Å². The van der Waals surface area contributed by atoms with Gasteiger partial charge in [-0.3, -0.25) is 0 Å². The molecule has 1 saturated heterocycles. The van der Waals surface area contributed by atoms with Gasteiger partial charge in [0, 0.05) is 19.6 Å². The Balaban J connectivity index is 1.84. The lowest BCUT2D eigenvalue weighted by Gasteiger charge is -2.15. The van der Waals surface area contributed by atoms with Crippen LogP contribution in [0.25, 0.3) is 0 Å². The molecule has 1 N–H and O–H groups in total. The number of hydrogen-bond donors (Lipinski definition) is 1. The van der Waals surface area contributed by atoms with Crippen molar-refractivity contribution in [2.24, 2.45) is 5.92 Å². The van der Waals surface area contributed by atoms with Gasteiger partial charge in [-0.2, -0.15) is 0 Å². The van der Waals surface area contributed by atoms with Gasteiger partial charge in [-0.1, -0.05) is 26.7 Å². The molecule has 2 heteroatoms. The monoisotopic (exact) mass is 198 g/mol. The molecule has 0 aromatic heterocycles. The van der Waals surface area contributed by atoms with Crippen molar-refractivity contribution in [1.82, 2.24) is 10.2 Å². The Kier molecular flexibility index (Phi) is 6.20. The molecule has 0 radical (unpaired) electrons. The second-order valence-corrected chi connectivity index (χ2v) is 4.65. The van der Waals surface area contributed by atoms with Crippen LogP contribution in [0.3, 0.4) is 0 Å². The first-order valence-electron chi connectivity index (χ1n) is 6.26. The van der Waals surface area contributed by atoms with Crippen LogP contribution in [0, 0.1) is 5.92 Å². The normalized spacial score (nSPS) is 23.1. The Morgan fingerprint density at radius 2 is 2.14 bits per heavy atom. The quantitative estimate of drug-likeness (QED) is 0.630. The van der Waals surface area contributed by atoms with E-state index in [1.807, 2.05) is 0 Å². The Hall–Kier alpha value is -0.0800. The minimum absolute atomic E-state index is 0.926. The van der Waals surface area contributed by atoms with Crippen molar-refractivity contribution in [3.8, 4) is 0 Å². The summed E-state index contributed by atoms with van der Waals surface area (Å²) in [6.07, 6.45) is 5.43. The molecule has 1 atom stereocenters. The third-order valence-corrected chi connectivity index (χ3v) is 3.07. The van der Waals surface area contributed by atoms with Crippen LogP contribution in [0.5, 0.6) is 0 Å². The highest BCUT2D eigenvalue weighted by atomic mass is 15.2. The first-order chi connectivity index (χ1) is 6.83. The smallest absolute Gasteiger partial charge is 0.0107 e. The third kappa shape index (κ3) is 4.97. The minimum Gasteiger partial charge on any atom is -0.315 e. The van der Waals surface area contributed by atoms with E-state index in [0.717, 1.165) is 5.92 Å². The van der Waals surface area contributed by atoms with Gasteiger partial charge in [0.25, 0.3) is 0 Å². The molecule has 1 heterocycles. The molecule has 1 rings (SSSR count). The molecular formula is C12H26N2. The molecule has 84 valence electrons. The maximum Gasteiger partial charge on any atom is 0.0107 e. The van der Waals surface area contributed by atoms with Crippen molar-refractivity contribution in [1.29, 1.82) is 0 Å². The van der Waals surface area contributed by atoms with E-state index < -0.39 is 0 Å². The van der Waals surface area contributed by atoms with Crippen molar-refractivity contribution < 1.29 is 0 Å². The van der Waals surface area contributed by atoms with E-state index in [-0.39, 0.29) is 0 Å². The maximum atomic E-state index is 3.52. The average Bonchev–Trinajstić information content (AvgIpc) is 2.58. The maximum absolute atomic E-state index is 3.52. The van der Waals surface area contributed by atoms with Crippen LogP contribution in [0.15, 0.2) is 0 Å². The second kappa shape index (κ2) is 7.24. The van der Waals surface area contributed by atoms with Gasteiger partial charge in [0.15, 0.2) is 0 Å². The van der Waals surface area contributed by atoms with Gasteiger partial charge in [-0.05, 0) is 31.8 Å². The number of nitrogens with one attached hydrogen (secondary N) is 1. The standard InChI is InChI=1S/C12H26N2/c1-3-4-5-7-13-8-10-14-9-6-12(2)11-14/h12-13H,3-11H2,1-2H3. The molecule has 1 aliphatic heterocycles. The molecule has 1 aliphatic rings. The van der Waals surface area contributed by atoms with Crippen molar-refractivity contribution >= 4 is 0 Å². The summed E-state index contributed by atoms with van der Waals surface area (Å²) < 4.78 is 0. The van der Waals surface area contributed by atoms with E-state index in [9.17, 15) is 0 Å². The summed E-state index contributed by atoms with van der Waals surface area (Å²) in [6.45, 7) is 10.9. The van der Waals surface area contributed by atoms with Crippen molar-refractivity contribution in [2.75, 3.05) is 32.7 Å². The highest BCUT2D eigenvalue weighted by molar-refractivity contribution is 4.72. The fourth-order valence-electron chi connectivity index (χ4n) is 2.09. The molecular weight excluding hydrogens is 172 g/mol. The van der Waals surface area contributed by atoms with Crippen LogP contribution in [-0.2, 0) is 0 Å². The summed E-state index contributed by atoms with van der Waals surface area (Å²) in [6, 6.07) is 0. The Morgan fingerprint density at radius 3 is 2.79 bits per heavy atom. The van der Waals surface area contributed by atoms with Crippen LogP contribution in [0.2, 0.25) is 0 Å². The summed E-state index contributed by atoms with van der Waals surface area (Å²) >= 11 is 0. The number of likely N-dealkylation sites (tertiary alicyclic amines) is 1. The van der Waals surface area contributed by atoms with Crippen LogP contribution in [0.1, 0.15) is 39.5 Å². The Labute approximate surface area is 89.1 Å². The number of rotatable bonds is 7. The zero-order chi connectivity index (χ0) is 10.2. The molecule has 0 saturated carbocycles. The van der Waals surface area contributed by atoms with E-state index in [1.54, 1.807) is 0 Å². The van der Waals surface area contributed by atoms with Gasteiger partial charge in [0.05, 0.1) is 0 Å². The Morgan fingerprint density at radius 1 is 1.29 bits per heavy atom. The first-order valence-corrected chi connectivity index (χ1v) is 6.26. The summed E-state index contributed by atoms with van der Waals surface area (Å²) in [7, 11) is 0. The van der Waals surface area contributed by atoms with Gasteiger partial charge < -0.3 is 10.2 Å². The summed E-state index contributed by atoms with van der Waals surface area (Å²) in [4.78, 5) is 2.58. The minimum atomic E-state index is 0.926. The predicted molar refractivity (Wildman–Crippen MR) is 62.6 cm³/mol. The van der Waals surface area contributed by atoms with Crippen LogP contribution >= 0.6 is 0 Å². The highest BCUT2D eigenvalue weighted by Gasteiger charge is 2.17. The summed E-state index contributed by atoms with van der Waals surface area (Å²) in [5, 5.41) is 3.52. The molecule has 0 aliphatic carbocycles. The predicted octanol–water partition coefficient (Wildman–Crippen LogP) is 2.11. The zero-order valence-electron chi connectivity index (χ0n) is 9.89. The molecule has 2 nitrogen and oxygen atoms in total. The van der Waals surface area contributed by atoms with E-state index in [2.05, 4.69) is 24.1 Å². The van der Waals surface area contributed by atoms with Gasteiger partial charge in [-0.25, -0.2) is 0 Å². The molecule has 0 aromatic carbocycles. The lowest BCUT2D eigenvalue weighted by Crippen LogP contribution is -2.30. The lowest BCUT2D eigenvalue weighted by atomic mass is 10.2. The molecule has 0 aromatic rings. The van der Waals surface area contributed by atoms with Crippen molar-refractivity contribution in [3.63, 3.8) is 0 Å². The van der Waals surface area contributed by atoms with Gasteiger partial charge >= 0.3 is 0 Å². The van der Waals surface area contributed by atoms with E-state index in [1.165, 1.54) is 58.4 Å². The van der Waals surface area contributed by atoms with Crippen LogP contribution in [0.4, 0.5) is 0 Å². The third-order valence-electron chi connectivity index (χ3n) is 3.07. The average molecular weight is 198 g/mol. The SMILES string of the molecule is CCCCCNCCN1CCC(C)C1. The molecule has 14 heavy (non-hydrogen) atoms. The number of unbranched alkanes of at least 4 members (excludes halogenated alkanes) is 2. The van der Waals surface area contributed by atoms with E-state index >= 15 is 0 Å². The topological polar surface area (TPSA) is 15.3 Å². The van der Waals surface area contributed by atoms with Gasteiger partial charge in [0.1, 0.15) is 0 Å².